The van der Waals surface area contributed by atoms with E-state index in [4.69, 9.17) is 0 Å². The Balaban J connectivity index is 2.00. The standard InChI is InChI=1S/C17H24N2O2/c1-17(10-4-5-11-17)16(21)19(3)12-13-6-8-14(9-7-13)15(20)18-2/h6-9H,4-5,10-12H2,1-3H3,(H,18,20). The van der Waals surface area contributed by atoms with Crippen LogP contribution in [0.4, 0.5) is 0 Å². The molecule has 114 valence electrons. The smallest absolute Gasteiger partial charge is 0.251 e. The van der Waals surface area contributed by atoms with Crippen molar-refractivity contribution in [1.29, 1.82) is 0 Å². The van der Waals surface area contributed by atoms with Crippen molar-refractivity contribution in [3.05, 3.63) is 35.4 Å². The summed E-state index contributed by atoms with van der Waals surface area (Å²) in [5.74, 6) is 0.139. The molecule has 0 atom stereocenters. The minimum atomic E-state index is -0.184. The van der Waals surface area contributed by atoms with Crippen LogP contribution in [-0.4, -0.2) is 30.8 Å². The fraction of sp³-hybridized carbons (Fsp3) is 0.529. The van der Waals surface area contributed by atoms with E-state index < -0.39 is 0 Å². The lowest BCUT2D eigenvalue weighted by molar-refractivity contribution is -0.140. The lowest BCUT2D eigenvalue weighted by atomic mass is 9.87. The zero-order valence-corrected chi connectivity index (χ0v) is 13.1. The third kappa shape index (κ3) is 3.43. The Morgan fingerprint density at radius 2 is 1.76 bits per heavy atom. The molecule has 21 heavy (non-hydrogen) atoms. The van der Waals surface area contributed by atoms with E-state index in [0.29, 0.717) is 12.1 Å². The number of rotatable bonds is 4. The molecule has 1 N–H and O–H groups in total. The molecule has 2 rings (SSSR count). The summed E-state index contributed by atoms with van der Waals surface area (Å²) in [5.41, 5.74) is 1.50. The summed E-state index contributed by atoms with van der Waals surface area (Å²) in [5, 5.41) is 2.60. The molecule has 0 unspecified atom stereocenters. The van der Waals surface area contributed by atoms with E-state index in [1.165, 1.54) is 0 Å². The molecular formula is C17H24N2O2. The second-order valence-corrected chi connectivity index (χ2v) is 6.21. The normalized spacial score (nSPS) is 16.5. The van der Waals surface area contributed by atoms with Gasteiger partial charge in [0.15, 0.2) is 0 Å². The first kappa shape index (κ1) is 15.5. The minimum absolute atomic E-state index is 0.0931. The van der Waals surface area contributed by atoms with Crippen LogP contribution in [0.25, 0.3) is 0 Å². The minimum Gasteiger partial charge on any atom is -0.355 e. The Labute approximate surface area is 126 Å². The van der Waals surface area contributed by atoms with Gasteiger partial charge in [0.05, 0.1) is 0 Å². The molecule has 0 heterocycles. The first-order valence-corrected chi connectivity index (χ1v) is 7.53. The van der Waals surface area contributed by atoms with Crippen LogP contribution in [0.3, 0.4) is 0 Å². The van der Waals surface area contributed by atoms with Crippen molar-refractivity contribution in [2.75, 3.05) is 14.1 Å². The van der Waals surface area contributed by atoms with Crippen LogP contribution in [-0.2, 0) is 11.3 Å². The third-order valence-corrected chi connectivity index (χ3v) is 4.43. The van der Waals surface area contributed by atoms with Crippen molar-refractivity contribution >= 4 is 11.8 Å². The van der Waals surface area contributed by atoms with Gasteiger partial charge < -0.3 is 10.2 Å². The third-order valence-electron chi connectivity index (χ3n) is 4.43. The second-order valence-electron chi connectivity index (χ2n) is 6.21. The molecule has 0 bridgehead atoms. The average molecular weight is 288 g/mol. The van der Waals surface area contributed by atoms with Crippen molar-refractivity contribution in [1.82, 2.24) is 10.2 Å². The largest absolute Gasteiger partial charge is 0.355 e. The summed E-state index contributed by atoms with van der Waals surface area (Å²) in [7, 11) is 3.48. The average Bonchev–Trinajstić information content (AvgIpc) is 2.94. The number of hydrogen-bond acceptors (Lipinski definition) is 2. The zero-order valence-electron chi connectivity index (χ0n) is 13.1. The SMILES string of the molecule is CNC(=O)c1ccc(CN(C)C(=O)C2(C)CCCC2)cc1. The van der Waals surface area contributed by atoms with Crippen LogP contribution in [0.2, 0.25) is 0 Å². The summed E-state index contributed by atoms with van der Waals surface area (Å²) in [6, 6.07) is 7.41. The number of nitrogens with zero attached hydrogens (tertiary/aromatic N) is 1. The predicted octanol–water partition coefficient (Wildman–Crippen LogP) is 2.58. The summed E-state index contributed by atoms with van der Waals surface area (Å²) >= 11 is 0. The lowest BCUT2D eigenvalue weighted by Gasteiger charge is -2.29. The molecule has 0 aromatic heterocycles. The van der Waals surface area contributed by atoms with Crippen LogP contribution >= 0.6 is 0 Å². The monoisotopic (exact) mass is 288 g/mol. The van der Waals surface area contributed by atoms with Gasteiger partial charge in [0.2, 0.25) is 5.91 Å². The highest BCUT2D eigenvalue weighted by molar-refractivity contribution is 5.93. The maximum Gasteiger partial charge on any atom is 0.251 e. The van der Waals surface area contributed by atoms with E-state index in [9.17, 15) is 9.59 Å². The Hall–Kier alpha value is -1.84. The van der Waals surface area contributed by atoms with Crippen LogP contribution in [0.1, 0.15) is 48.5 Å². The topological polar surface area (TPSA) is 49.4 Å². The van der Waals surface area contributed by atoms with Gasteiger partial charge >= 0.3 is 0 Å². The van der Waals surface area contributed by atoms with Gasteiger partial charge in [0.1, 0.15) is 0 Å². The van der Waals surface area contributed by atoms with Crippen LogP contribution in [0, 0.1) is 5.41 Å². The fourth-order valence-corrected chi connectivity index (χ4v) is 3.08. The summed E-state index contributed by atoms with van der Waals surface area (Å²) in [6.07, 6.45) is 4.28. The molecule has 1 fully saturated rings. The highest BCUT2D eigenvalue weighted by Gasteiger charge is 2.37. The van der Waals surface area contributed by atoms with Crippen molar-refractivity contribution < 1.29 is 9.59 Å². The summed E-state index contributed by atoms with van der Waals surface area (Å²) < 4.78 is 0. The van der Waals surface area contributed by atoms with Gasteiger partial charge in [0, 0.05) is 31.6 Å². The molecule has 0 aliphatic heterocycles. The first-order chi connectivity index (χ1) is 9.96. The number of carbonyl (C=O) groups is 2. The first-order valence-electron chi connectivity index (χ1n) is 7.53. The van der Waals surface area contributed by atoms with Crippen LogP contribution in [0.5, 0.6) is 0 Å². The van der Waals surface area contributed by atoms with Crippen molar-refractivity contribution in [2.45, 2.75) is 39.2 Å². The highest BCUT2D eigenvalue weighted by Crippen LogP contribution is 2.39. The number of benzene rings is 1. The quantitative estimate of drug-likeness (QED) is 0.925. The van der Waals surface area contributed by atoms with E-state index >= 15 is 0 Å². The van der Waals surface area contributed by atoms with Gasteiger partial charge in [0.25, 0.3) is 5.91 Å². The molecule has 4 nitrogen and oxygen atoms in total. The Kier molecular flexibility index (Phi) is 4.66. The molecule has 1 aromatic carbocycles. The fourth-order valence-electron chi connectivity index (χ4n) is 3.08. The molecular weight excluding hydrogens is 264 g/mol. The van der Waals surface area contributed by atoms with Gasteiger partial charge in [-0.05, 0) is 30.5 Å². The maximum atomic E-state index is 12.6. The zero-order chi connectivity index (χ0) is 15.5. The number of nitrogens with one attached hydrogen (secondary N) is 1. The maximum absolute atomic E-state index is 12.6. The summed E-state index contributed by atoms with van der Waals surface area (Å²) in [6.45, 7) is 2.66. The molecule has 4 heteroatoms. The van der Waals surface area contributed by atoms with Gasteiger partial charge in [-0.25, -0.2) is 0 Å². The van der Waals surface area contributed by atoms with E-state index in [2.05, 4.69) is 12.2 Å². The molecule has 1 saturated carbocycles. The van der Waals surface area contributed by atoms with Gasteiger partial charge in [-0.15, -0.1) is 0 Å². The predicted molar refractivity (Wildman–Crippen MR) is 82.9 cm³/mol. The summed E-state index contributed by atoms with van der Waals surface area (Å²) in [4.78, 5) is 25.9. The molecule has 0 radical (unpaired) electrons. The number of carbonyl (C=O) groups excluding carboxylic acids is 2. The lowest BCUT2D eigenvalue weighted by Crippen LogP contribution is -2.38. The van der Waals surface area contributed by atoms with E-state index in [0.717, 1.165) is 31.2 Å². The number of hydrogen-bond donors (Lipinski definition) is 1. The van der Waals surface area contributed by atoms with Crippen molar-refractivity contribution in [3.63, 3.8) is 0 Å². The Bertz CT molecular complexity index is 516. The van der Waals surface area contributed by atoms with Gasteiger partial charge in [-0.3, -0.25) is 9.59 Å². The van der Waals surface area contributed by atoms with Crippen LogP contribution < -0.4 is 5.32 Å². The van der Waals surface area contributed by atoms with E-state index in [-0.39, 0.29) is 17.2 Å². The van der Waals surface area contributed by atoms with Gasteiger partial charge in [-0.1, -0.05) is 31.9 Å². The number of amides is 2. The van der Waals surface area contributed by atoms with Crippen molar-refractivity contribution in [2.24, 2.45) is 5.41 Å². The molecule has 0 spiro atoms. The Morgan fingerprint density at radius 3 is 2.29 bits per heavy atom. The van der Waals surface area contributed by atoms with Crippen LogP contribution in [0.15, 0.2) is 24.3 Å². The molecule has 1 aliphatic rings. The molecule has 0 saturated heterocycles. The van der Waals surface area contributed by atoms with Crippen molar-refractivity contribution in [3.8, 4) is 0 Å². The Morgan fingerprint density at radius 1 is 1.19 bits per heavy atom. The molecule has 1 aliphatic carbocycles. The highest BCUT2D eigenvalue weighted by atomic mass is 16.2. The second kappa shape index (κ2) is 6.29. The van der Waals surface area contributed by atoms with E-state index in [1.54, 1.807) is 24.1 Å². The molecule has 1 aromatic rings. The molecule has 2 amide bonds. The van der Waals surface area contributed by atoms with E-state index in [1.807, 2.05) is 19.2 Å². The van der Waals surface area contributed by atoms with Gasteiger partial charge in [-0.2, -0.15) is 0 Å².